The Hall–Kier alpha value is -1.76. The van der Waals surface area contributed by atoms with Crippen LogP contribution in [0.25, 0.3) is 0 Å². The zero-order chi connectivity index (χ0) is 15.3. The Morgan fingerprint density at radius 3 is 2.60 bits per heavy atom. The summed E-state index contributed by atoms with van der Waals surface area (Å²) in [7, 11) is 0. The van der Waals surface area contributed by atoms with Gasteiger partial charge in [-0.2, -0.15) is 0 Å². The molecule has 0 aromatic carbocycles. The quantitative estimate of drug-likeness (QED) is 0.754. The average molecular weight is 281 g/mol. The van der Waals surface area contributed by atoms with Crippen molar-refractivity contribution in [3.05, 3.63) is 11.9 Å². The molecular weight excluding hydrogens is 258 g/mol. The maximum absolute atomic E-state index is 11.9. The summed E-state index contributed by atoms with van der Waals surface area (Å²) >= 11 is 0. The largest absolute Gasteiger partial charge is 0.344 e. The highest BCUT2D eigenvalue weighted by Gasteiger charge is 2.21. The molecule has 0 spiro atoms. The van der Waals surface area contributed by atoms with Crippen molar-refractivity contribution in [1.29, 1.82) is 0 Å². The Morgan fingerprint density at radius 2 is 2.10 bits per heavy atom. The van der Waals surface area contributed by atoms with E-state index in [0.29, 0.717) is 5.69 Å². The molecule has 1 heterocycles. The Morgan fingerprint density at radius 1 is 1.45 bits per heavy atom. The Balaban J connectivity index is 2.62. The molecule has 1 aromatic heterocycles. The lowest BCUT2D eigenvalue weighted by Crippen LogP contribution is -2.44. The molecule has 0 saturated heterocycles. The molecule has 1 rings (SSSR count). The molecule has 7 heteroatoms. The first-order valence-corrected chi connectivity index (χ1v) is 6.80. The van der Waals surface area contributed by atoms with Crippen LogP contribution in [0, 0.1) is 5.92 Å². The second-order valence-corrected chi connectivity index (χ2v) is 5.26. The van der Waals surface area contributed by atoms with Crippen LogP contribution in [-0.4, -0.2) is 32.7 Å². The highest BCUT2D eigenvalue weighted by Crippen LogP contribution is 2.09. The van der Waals surface area contributed by atoms with E-state index in [1.165, 1.54) is 11.6 Å². The summed E-state index contributed by atoms with van der Waals surface area (Å²) < 4.78 is 1.43. The number of carbonyl (C=O) groups is 2. The van der Waals surface area contributed by atoms with E-state index in [9.17, 15) is 9.59 Å². The van der Waals surface area contributed by atoms with E-state index in [0.717, 1.165) is 6.42 Å². The predicted molar refractivity (Wildman–Crippen MR) is 74.7 cm³/mol. The lowest BCUT2D eigenvalue weighted by Gasteiger charge is -2.19. The number of hydrogen-bond donors (Lipinski definition) is 2. The van der Waals surface area contributed by atoms with Gasteiger partial charge >= 0.3 is 0 Å². The second kappa shape index (κ2) is 7.14. The molecule has 112 valence electrons. The van der Waals surface area contributed by atoms with E-state index in [-0.39, 0.29) is 30.2 Å². The molecule has 1 amide bonds. The fourth-order valence-electron chi connectivity index (χ4n) is 1.87. The van der Waals surface area contributed by atoms with E-state index in [4.69, 9.17) is 5.73 Å². The average Bonchev–Trinajstić information content (AvgIpc) is 2.82. The number of hydrogen-bond acceptors (Lipinski definition) is 5. The topological polar surface area (TPSA) is 103 Å². The van der Waals surface area contributed by atoms with Gasteiger partial charge in [0.1, 0.15) is 6.54 Å². The zero-order valence-electron chi connectivity index (χ0n) is 12.5. The van der Waals surface area contributed by atoms with Gasteiger partial charge in [0, 0.05) is 0 Å². The number of ketones is 1. The molecule has 7 nitrogen and oxygen atoms in total. The van der Waals surface area contributed by atoms with Crippen LogP contribution in [0.4, 0.5) is 0 Å². The molecule has 0 saturated carbocycles. The summed E-state index contributed by atoms with van der Waals surface area (Å²) in [6, 6.07) is -0.643. The third-order valence-electron chi connectivity index (χ3n) is 3.10. The summed E-state index contributed by atoms with van der Waals surface area (Å²) in [5.74, 6) is -0.266. The summed E-state index contributed by atoms with van der Waals surface area (Å²) in [4.78, 5) is 23.3. The third-order valence-corrected chi connectivity index (χ3v) is 3.10. The monoisotopic (exact) mass is 281 g/mol. The summed E-state index contributed by atoms with van der Waals surface area (Å²) in [5.41, 5.74) is 6.50. The summed E-state index contributed by atoms with van der Waals surface area (Å²) in [5, 5.41) is 10.5. The molecule has 0 bridgehead atoms. The van der Waals surface area contributed by atoms with Gasteiger partial charge in [-0.25, -0.2) is 4.68 Å². The van der Waals surface area contributed by atoms with E-state index in [1.54, 1.807) is 6.20 Å². The van der Waals surface area contributed by atoms with Gasteiger partial charge in [-0.3, -0.25) is 9.59 Å². The van der Waals surface area contributed by atoms with Crippen molar-refractivity contribution in [2.24, 2.45) is 11.7 Å². The van der Waals surface area contributed by atoms with Gasteiger partial charge in [-0.05, 0) is 19.3 Å². The Labute approximate surface area is 118 Å². The molecule has 0 fully saturated rings. The van der Waals surface area contributed by atoms with Gasteiger partial charge in [0.25, 0.3) is 0 Å². The van der Waals surface area contributed by atoms with Gasteiger partial charge < -0.3 is 11.1 Å². The fourth-order valence-corrected chi connectivity index (χ4v) is 1.87. The summed E-state index contributed by atoms with van der Waals surface area (Å²) in [6.07, 6.45) is 2.41. The van der Waals surface area contributed by atoms with Crippen molar-refractivity contribution in [3.63, 3.8) is 0 Å². The van der Waals surface area contributed by atoms with Crippen LogP contribution in [-0.2, 0) is 16.1 Å². The van der Waals surface area contributed by atoms with E-state index >= 15 is 0 Å². The number of Topliss-reactive ketones (excluding diaryl/α,β-unsaturated/α-hetero) is 1. The van der Waals surface area contributed by atoms with E-state index in [1.807, 2.05) is 20.8 Å². The van der Waals surface area contributed by atoms with Crippen LogP contribution in [0.3, 0.4) is 0 Å². The third kappa shape index (κ3) is 4.41. The minimum atomic E-state index is -0.469. The fraction of sp³-hybridized carbons (Fsp3) is 0.692. The maximum Gasteiger partial charge on any atom is 0.242 e. The minimum absolute atomic E-state index is 0.0277. The number of nitrogens with two attached hydrogens (primary N) is 1. The molecule has 0 aliphatic heterocycles. The van der Waals surface area contributed by atoms with Crippen molar-refractivity contribution in [3.8, 4) is 0 Å². The number of nitrogens with one attached hydrogen (secondary N) is 1. The first kappa shape index (κ1) is 16.3. The van der Waals surface area contributed by atoms with Crippen LogP contribution >= 0.6 is 0 Å². The lowest BCUT2D eigenvalue weighted by atomic mass is 10.0. The molecule has 1 aromatic rings. The highest BCUT2D eigenvalue weighted by atomic mass is 16.2. The van der Waals surface area contributed by atoms with Crippen LogP contribution < -0.4 is 11.1 Å². The number of aromatic nitrogens is 3. The molecule has 2 unspecified atom stereocenters. The minimum Gasteiger partial charge on any atom is -0.344 e. The number of amides is 1. The van der Waals surface area contributed by atoms with E-state index < -0.39 is 6.04 Å². The first-order valence-electron chi connectivity index (χ1n) is 6.80. The van der Waals surface area contributed by atoms with Gasteiger partial charge in [0.2, 0.25) is 5.91 Å². The molecule has 20 heavy (non-hydrogen) atoms. The lowest BCUT2D eigenvalue weighted by molar-refractivity contribution is -0.128. The molecular formula is C13H23N5O2. The van der Waals surface area contributed by atoms with Crippen LogP contribution in [0.1, 0.15) is 45.9 Å². The van der Waals surface area contributed by atoms with Gasteiger partial charge in [-0.15, -0.1) is 5.10 Å². The second-order valence-electron chi connectivity index (χ2n) is 5.26. The van der Waals surface area contributed by atoms with Gasteiger partial charge in [-0.1, -0.05) is 26.0 Å². The first-order chi connectivity index (χ1) is 9.35. The SMILES string of the molecule is CCC(N)c1cn(CC(=O)NC(C(C)=O)C(C)C)nn1. The van der Waals surface area contributed by atoms with E-state index in [2.05, 4.69) is 15.6 Å². The normalized spacial score (nSPS) is 14.1. The van der Waals surface area contributed by atoms with Crippen molar-refractivity contribution in [2.45, 2.75) is 52.7 Å². The molecule has 2 atom stereocenters. The van der Waals surface area contributed by atoms with Crippen LogP contribution in [0.15, 0.2) is 6.20 Å². The zero-order valence-corrected chi connectivity index (χ0v) is 12.5. The number of rotatable bonds is 7. The highest BCUT2D eigenvalue weighted by molar-refractivity contribution is 5.87. The Kier molecular flexibility index (Phi) is 5.82. The standard InChI is InChI=1S/C13H23N5O2/c1-5-10(14)11-6-18(17-16-11)7-12(20)15-13(8(2)3)9(4)19/h6,8,10,13H,5,7,14H2,1-4H3,(H,15,20). The Bertz CT molecular complexity index is 469. The predicted octanol–water partition coefficient (Wildman–Crippen LogP) is 0.418. The molecule has 3 N–H and O–H groups in total. The van der Waals surface area contributed by atoms with Crippen molar-refractivity contribution < 1.29 is 9.59 Å². The van der Waals surface area contributed by atoms with Crippen molar-refractivity contribution >= 4 is 11.7 Å². The molecule has 0 aliphatic rings. The van der Waals surface area contributed by atoms with Gasteiger partial charge in [0.15, 0.2) is 5.78 Å². The van der Waals surface area contributed by atoms with Crippen LogP contribution in [0.5, 0.6) is 0 Å². The van der Waals surface area contributed by atoms with Crippen LogP contribution in [0.2, 0.25) is 0 Å². The van der Waals surface area contributed by atoms with Crippen molar-refractivity contribution in [2.75, 3.05) is 0 Å². The van der Waals surface area contributed by atoms with Gasteiger partial charge in [0.05, 0.1) is 24.0 Å². The smallest absolute Gasteiger partial charge is 0.242 e. The molecule has 0 radical (unpaired) electrons. The number of nitrogens with zero attached hydrogens (tertiary/aromatic N) is 3. The molecule has 0 aliphatic carbocycles. The van der Waals surface area contributed by atoms with Crippen molar-refractivity contribution in [1.82, 2.24) is 20.3 Å². The maximum atomic E-state index is 11.9. The number of carbonyl (C=O) groups excluding carboxylic acids is 2. The summed E-state index contributed by atoms with van der Waals surface area (Å²) in [6.45, 7) is 7.23.